The van der Waals surface area contributed by atoms with E-state index in [1.807, 2.05) is 0 Å². The second-order valence-corrected chi connectivity index (χ2v) is 6.76. The molecule has 100 valence electrons. The molecule has 19 heavy (non-hydrogen) atoms. The second kappa shape index (κ2) is 5.71. The van der Waals surface area contributed by atoms with Crippen molar-refractivity contribution in [2.24, 2.45) is 0 Å². The second-order valence-electron chi connectivity index (χ2n) is 3.55. The fourth-order valence-corrected chi connectivity index (χ4v) is 4.23. The molecule has 3 nitrogen and oxygen atoms in total. The van der Waals surface area contributed by atoms with Crippen molar-refractivity contribution in [1.82, 2.24) is 0 Å². The molecule has 0 aromatic heterocycles. The van der Waals surface area contributed by atoms with Crippen molar-refractivity contribution < 1.29 is 12.6 Å². The third-order valence-corrected chi connectivity index (χ3v) is 4.79. The van der Waals surface area contributed by atoms with E-state index < -0.39 is 10.1 Å². The van der Waals surface area contributed by atoms with Crippen LogP contribution in [0.25, 0.3) is 0 Å². The quantitative estimate of drug-likeness (QED) is 0.734. The van der Waals surface area contributed by atoms with E-state index in [1.165, 1.54) is 24.3 Å². The van der Waals surface area contributed by atoms with Crippen molar-refractivity contribution in [3.63, 3.8) is 0 Å². The number of rotatable bonds is 3. The van der Waals surface area contributed by atoms with E-state index in [2.05, 4.69) is 15.9 Å². The Balaban J connectivity index is 2.46. The van der Waals surface area contributed by atoms with Gasteiger partial charge in [-0.2, -0.15) is 8.42 Å². The minimum absolute atomic E-state index is 0.00435. The summed E-state index contributed by atoms with van der Waals surface area (Å²) < 4.78 is 29.9. The minimum atomic E-state index is -4.08. The van der Waals surface area contributed by atoms with Gasteiger partial charge in [0.05, 0.1) is 10.0 Å². The lowest BCUT2D eigenvalue weighted by Gasteiger charge is -2.10. The van der Waals surface area contributed by atoms with Crippen LogP contribution in [0.5, 0.6) is 5.75 Å². The molecule has 0 aliphatic rings. The van der Waals surface area contributed by atoms with E-state index in [1.54, 1.807) is 18.2 Å². The summed E-state index contributed by atoms with van der Waals surface area (Å²) in [5.74, 6) is 0.192. The Hall–Kier alpha value is -0.750. The first-order valence-corrected chi connectivity index (χ1v) is 8.00. The van der Waals surface area contributed by atoms with Crippen molar-refractivity contribution >= 4 is 49.2 Å². The number of para-hydroxylation sites is 1. The molecular formula is C12H7BrCl2O3S. The Morgan fingerprint density at radius 1 is 1.00 bits per heavy atom. The lowest BCUT2D eigenvalue weighted by atomic mass is 10.3. The van der Waals surface area contributed by atoms with Crippen LogP contribution in [0.3, 0.4) is 0 Å². The largest absolute Gasteiger partial charge is 0.379 e. The van der Waals surface area contributed by atoms with Crippen molar-refractivity contribution in [3.8, 4) is 5.75 Å². The van der Waals surface area contributed by atoms with Crippen LogP contribution in [0.4, 0.5) is 0 Å². The Morgan fingerprint density at radius 3 is 2.05 bits per heavy atom. The van der Waals surface area contributed by atoms with Gasteiger partial charge in [-0.3, -0.25) is 0 Å². The average molecular weight is 382 g/mol. The normalized spacial score (nSPS) is 11.3. The highest BCUT2D eigenvalue weighted by molar-refractivity contribution is 9.10. The van der Waals surface area contributed by atoms with Crippen molar-refractivity contribution in [2.45, 2.75) is 4.90 Å². The predicted molar refractivity (Wildman–Crippen MR) is 78.4 cm³/mol. The number of halogens is 3. The molecule has 0 spiro atoms. The number of hydrogen-bond donors (Lipinski definition) is 0. The Bertz CT molecular complexity index is 679. The van der Waals surface area contributed by atoms with Crippen LogP contribution < -0.4 is 4.18 Å². The highest BCUT2D eigenvalue weighted by atomic mass is 79.9. The van der Waals surface area contributed by atoms with Crippen LogP contribution in [-0.4, -0.2) is 8.42 Å². The molecule has 0 aliphatic carbocycles. The van der Waals surface area contributed by atoms with E-state index in [-0.39, 0.29) is 20.7 Å². The number of hydrogen-bond acceptors (Lipinski definition) is 3. The fraction of sp³-hybridized carbons (Fsp3) is 0. The zero-order valence-electron chi connectivity index (χ0n) is 9.31. The Labute approximate surface area is 129 Å². The van der Waals surface area contributed by atoms with E-state index in [0.29, 0.717) is 4.47 Å². The van der Waals surface area contributed by atoms with Crippen LogP contribution in [-0.2, 0) is 10.1 Å². The number of benzene rings is 2. The Kier molecular flexibility index (Phi) is 4.40. The standard InChI is InChI=1S/C12H7BrCl2O3S/c13-8-6-10(14)12(11(15)7-8)19(16,17)18-9-4-2-1-3-5-9/h1-7H. The van der Waals surface area contributed by atoms with E-state index in [9.17, 15) is 8.42 Å². The van der Waals surface area contributed by atoms with Gasteiger partial charge in [-0.05, 0) is 24.3 Å². The molecule has 0 heterocycles. The van der Waals surface area contributed by atoms with Gasteiger partial charge >= 0.3 is 10.1 Å². The summed E-state index contributed by atoms with van der Waals surface area (Å²) in [5.41, 5.74) is 0. The van der Waals surface area contributed by atoms with E-state index in [0.717, 1.165) is 0 Å². The molecule has 0 aliphatic heterocycles. The molecule has 0 atom stereocenters. The van der Waals surface area contributed by atoms with Gasteiger partial charge in [0.25, 0.3) is 0 Å². The van der Waals surface area contributed by atoms with Gasteiger partial charge in [-0.1, -0.05) is 57.3 Å². The maximum absolute atomic E-state index is 12.1. The monoisotopic (exact) mass is 380 g/mol. The molecular weight excluding hydrogens is 375 g/mol. The van der Waals surface area contributed by atoms with Crippen LogP contribution in [0.1, 0.15) is 0 Å². The summed E-state index contributed by atoms with van der Waals surface area (Å²) in [6.45, 7) is 0. The van der Waals surface area contributed by atoms with Crippen LogP contribution in [0, 0.1) is 0 Å². The molecule has 0 amide bonds. The summed E-state index contributed by atoms with van der Waals surface area (Å²) >= 11 is 15.0. The third kappa shape index (κ3) is 3.42. The predicted octanol–water partition coefficient (Wildman–Crippen LogP) is 4.52. The summed E-state index contributed by atoms with van der Waals surface area (Å²) in [7, 11) is -4.08. The molecule has 0 unspecified atom stereocenters. The first kappa shape index (κ1) is 14.7. The molecule has 2 aromatic rings. The van der Waals surface area contributed by atoms with Gasteiger partial charge in [-0.25, -0.2) is 0 Å². The summed E-state index contributed by atoms with van der Waals surface area (Å²) in [6, 6.07) is 11.0. The van der Waals surface area contributed by atoms with Crippen molar-refractivity contribution in [1.29, 1.82) is 0 Å². The van der Waals surface area contributed by atoms with E-state index >= 15 is 0 Å². The first-order chi connectivity index (χ1) is 8.90. The summed E-state index contributed by atoms with van der Waals surface area (Å²) in [6.07, 6.45) is 0. The molecule has 0 saturated carbocycles. The van der Waals surface area contributed by atoms with Crippen molar-refractivity contribution in [3.05, 3.63) is 57.0 Å². The summed E-state index contributed by atoms with van der Waals surface area (Å²) in [4.78, 5) is -0.247. The lowest BCUT2D eigenvalue weighted by Crippen LogP contribution is -2.11. The maximum atomic E-state index is 12.1. The van der Waals surface area contributed by atoms with E-state index in [4.69, 9.17) is 27.4 Å². The van der Waals surface area contributed by atoms with Gasteiger partial charge in [0.2, 0.25) is 0 Å². The third-order valence-electron chi connectivity index (χ3n) is 2.16. The Morgan fingerprint density at radius 2 is 1.53 bits per heavy atom. The SMILES string of the molecule is O=S(=O)(Oc1ccccc1)c1c(Cl)cc(Br)cc1Cl. The average Bonchev–Trinajstić information content (AvgIpc) is 2.27. The fourth-order valence-electron chi connectivity index (χ4n) is 1.41. The van der Waals surface area contributed by atoms with Gasteiger partial charge in [-0.15, -0.1) is 0 Å². The van der Waals surface area contributed by atoms with Gasteiger partial charge < -0.3 is 4.18 Å². The van der Waals surface area contributed by atoms with Gasteiger partial charge in [0.1, 0.15) is 10.6 Å². The van der Waals surface area contributed by atoms with Crippen LogP contribution >= 0.6 is 39.1 Å². The highest BCUT2D eigenvalue weighted by Gasteiger charge is 2.24. The maximum Gasteiger partial charge on any atom is 0.342 e. The molecule has 0 bridgehead atoms. The van der Waals surface area contributed by atoms with Crippen LogP contribution in [0.2, 0.25) is 10.0 Å². The smallest absolute Gasteiger partial charge is 0.342 e. The molecule has 7 heteroatoms. The molecule has 0 saturated heterocycles. The van der Waals surface area contributed by atoms with Gasteiger partial charge in [0.15, 0.2) is 0 Å². The van der Waals surface area contributed by atoms with Crippen molar-refractivity contribution in [2.75, 3.05) is 0 Å². The molecule has 2 rings (SSSR count). The molecule has 0 radical (unpaired) electrons. The molecule has 0 fully saturated rings. The minimum Gasteiger partial charge on any atom is -0.379 e. The topological polar surface area (TPSA) is 43.4 Å². The molecule has 2 aromatic carbocycles. The highest BCUT2D eigenvalue weighted by Crippen LogP contribution is 2.34. The zero-order chi connectivity index (χ0) is 14.0. The summed E-state index contributed by atoms with van der Waals surface area (Å²) in [5, 5.41) is -0.00869. The molecule has 0 N–H and O–H groups in total. The first-order valence-electron chi connectivity index (χ1n) is 5.04. The van der Waals surface area contributed by atoms with Gasteiger partial charge in [0, 0.05) is 4.47 Å². The lowest BCUT2D eigenvalue weighted by molar-refractivity contribution is 0.486. The van der Waals surface area contributed by atoms with Crippen LogP contribution in [0.15, 0.2) is 51.8 Å². The zero-order valence-corrected chi connectivity index (χ0v) is 13.2.